The molecule has 0 atom stereocenters. The summed E-state index contributed by atoms with van der Waals surface area (Å²) in [6.07, 6.45) is 1.96. The van der Waals surface area contributed by atoms with Gasteiger partial charge in [-0.1, -0.05) is 0 Å². The molecule has 1 saturated heterocycles. The molecule has 1 heterocycles. The van der Waals surface area contributed by atoms with Crippen LogP contribution in [-0.4, -0.2) is 61.8 Å². The normalized spacial score (nSPS) is 17.1. The van der Waals surface area contributed by atoms with E-state index in [0.29, 0.717) is 17.3 Å². The van der Waals surface area contributed by atoms with E-state index in [4.69, 9.17) is 0 Å². The van der Waals surface area contributed by atoms with E-state index in [9.17, 15) is 26.8 Å². The van der Waals surface area contributed by atoms with Gasteiger partial charge in [-0.3, -0.25) is 4.79 Å². The summed E-state index contributed by atoms with van der Waals surface area (Å²) in [6, 6.07) is 8.69. The molecule has 0 spiro atoms. The average Bonchev–Trinajstić information content (AvgIpc) is 3.57. The molecule has 1 aliphatic carbocycles. The number of hydrogen-bond acceptors (Lipinski definition) is 4. The van der Waals surface area contributed by atoms with Crippen LogP contribution in [0, 0.1) is 11.6 Å². The van der Waals surface area contributed by atoms with Crippen molar-refractivity contribution >= 4 is 27.6 Å². The van der Waals surface area contributed by atoms with Gasteiger partial charge in [0, 0.05) is 49.5 Å². The molecule has 2 aromatic carbocycles. The SMILES string of the molecule is O=C(Nc1ccc(C(=O)N2CCN(S(=O)(=O)c3ccc(F)cc3F)CC2)cc1)NC1CC1. The van der Waals surface area contributed by atoms with E-state index in [0.717, 1.165) is 29.3 Å². The van der Waals surface area contributed by atoms with Gasteiger partial charge >= 0.3 is 6.03 Å². The summed E-state index contributed by atoms with van der Waals surface area (Å²) in [6.45, 7) is 0.243. The van der Waals surface area contributed by atoms with Crippen LogP contribution in [0.4, 0.5) is 19.3 Å². The smallest absolute Gasteiger partial charge is 0.319 e. The number of hydrogen-bond donors (Lipinski definition) is 2. The fraction of sp³-hybridized carbons (Fsp3) is 0.333. The molecular weight excluding hydrogens is 442 g/mol. The number of anilines is 1. The predicted octanol–water partition coefficient (Wildman–Crippen LogP) is 2.40. The fourth-order valence-electron chi connectivity index (χ4n) is 3.41. The summed E-state index contributed by atoms with van der Waals surface area (Å²) in [7, 11) is -4.14. The zero-order valence-electron chi connectivity index (χ0n) is 17.1. The molecule has 1 saturated carbocycles. The Morgan fingerprint density at radius 3 is 2.19 bits per heavy atom. The van der Waals surface area contributed by atoms with Gasteiger partial charge in [0.15, 0.2) is 0 Å². The van der Waals surface area contributed by atoms with Gasteiger partial charge in [0.25, 0.3) is 5.91 Å². The summed E-state index contributed by atoms with van der Waals surface area (Å²) < 4.78 is 53.5. The second-order valence-corrected chi connectivity index (χ2v) is 9.63. The molecule has 1 aliphatic heterocycles. The van der Waals surface area contributed by atoms with Crippen molar-refractivity contribution in [3.05, 3.63) is 59.7 Å². The average molecular weight is 464 g/mol. The predicted molar refractivity (Wildman–Crippen MR) is 113 cm³/mol. The van der Waals surface area contributed by atoms with E-state index < -0.39 is 26.6 Å². The Balaban J connectivity index is 1.35. The number of halogens is 2. The molecular formula is C21H22F2N4O4S. The monoisotopic (exact) mass is 464 g/mol. The Morgan fingerprint density at radius 1 is 0.938 bits per heavy atom. The molecule has 2 fully saturated rings. The first kappa shape index (κ1) is 22.2. The third kappa shape index (κ3) is 4.89. The second-order valence-electron chi connectivity index (χ2n) is 7.72. The molecule has 2 aliphatic rings. The largest absolute Gasteiger partial charge is 0.336 e. The number of nitrogens with zero attached hydrogens (tertiary/aromatic N) is 2. The topological polar surface area (TPSA) is 98.8 Å². The van der Waals surface area contributed by atoms with E-state index in [1.54, 1.807) is 24.3 Å². The minimum Gasteiger partial charge on any atom is -0.336 e. The summed E-state index contributed by atoms with van der Waals surface area (Å²) in [5, 5.41) is 5.51. The van der Waals surface area contributed by atoms with Gasteiger partial charge in [-0.05, 0) is 49.2 Å². The highest BCUT2D eigenvalue weighted by atomic mass is 32.2. The zero-order valence-corrected chi connectivity index (χ0v) is 17.9. The van der Waals surface area contributed by atoms with Crippen molar-refractivity contribution in [3.8, 4) is 0 Å². The van der Waals surface area contributed by atoms with Crippen LogP contribution in [0.25, 0.3) is 0 Å². The molecule has 8 nitrogen and oxygen atoms in total. The van der Waals surface area contributed by atoms with Crippen molar-refractivity contribution in [2.75, 3.05) is 31.5 Å². The molecule has 2 N–H and O–H groups in total. The maximum Gasteiger partial charge on any atom is 0.319 e. The number of amides is 3. The third-order valence-electron chi connectivity index (χ3n) is 5.34. The van der Waals surface area contributed by atoms with Crippen LogP contribution in [-0.2, 0) is 10.0 Å². The van der Waals surface area contributed by atoms with Crippen LogP contribution in [0.5, 0.6) is 0 Å². The van der Waals surface area contributed by atoms with E-state index in [1.807, 2.05) is 0 Å². The van der Waals surface area contributed by atoms with Gasteiger partial charge in [-0.15, -0.1) is 0 Å². The van der Waals surface area contributed by atoms with E-state index in [-0.39, 0.29) is 44.2 Å². The van der Waals surface area contributed by atoms with Crippen LogP contribution in [0.2, 0.25) is 0 Å². The summed E-state index contributed by atoms with van der Waals surface area (Å²) in [5.41, 5.74) is 0.955. The van der Waals surface area contributed by atoms with Crippen molar-refractivity contribution in [3.63, 3.8) is 0 Å². The lowest BCUT2D eigenvalue weighted by atomic mass is 10.1. The minimum atomic E-state index is -4.14. The molecule has 0 bridgehead atoms. The van der Waals surface area contributed by atoms with Gasteiger partial charge in [-0.25, -0.2) is 22.0 Å². The lowest BCUT2D eigenvalue weighted by Gasteiger charge is -2.34. The lowest BCUT2D eigenvalue weighted by molar-refractivity contribution is 0.0697. The highest BCUT2D eigenvalue weighted by Crippen LogP contribution is 2.22. The summed E-state index contributed by atoms with van der Waals surface area (Å²) >= 11 is 0. The highest BCUT2D eigenvalue weighted by molar-refractivity contribution is 7.89. The van der Waals surface area contributed by atoms with Crippen molar-refractivity contribution in [1.82, 2.24) is 14.5 Å². The molecule has 170 valence electrons. The van der Waals surface area contributed by atoms with Crippen LogP contribution in [0.15, 0.2) is 47.4 Å². The molecule has 3 amide bonds. The van der Waals surface area contributed by atoms with Crippen molar-refractivity contribution in [2.45, 2.75) is 23.8 Å². The number of rotatable bonds is 5. The van der Waals surface area contributed by atoms with E-state index in [2.05, 4.69) is 10.6 Å². The van der Waals surface area contributed by atoms with Crippen molar-refractivity contribution in [2.24, 2.45) is 0 Å². The van der Waals surface area contributed by atoms with Gasteiger partial charge in [0.05, 0.1) is 0 Å². The Morgan fingerprint density at radius 2 is 1.59 bits per heavy atom. The number of benzene rings is 2. The van der Waals surface area contributed by atoms with Crippen LogP contribution in [0.1, 0.15) is 23.2 Å². The maximum atomic E-state index is 14.0. The van der Waals surface area contributed by atoms with Gasteiger partial charge in [0.1, 0.15) is 16.5 Å². The fourth-order valence-corrected chi connectivity index (χ4v) is 4.88. The summed E-state index contributed by atoms with van der Waals surface area (Å²) in [5.74, 6) is -2.28. The number of urea groups is 1. The first-order chi connectivity index (χ1) is 15.2. The number of carbonyl (C=O) groups excluding carboxylic acids is 2. The van der Waals surface area contributed by atoms with Crippen LogP contribution in [0.3, 0.4) is 0 Å². The zero-order chi connectivity index (χ0) is 22.9. The Kier molecular flexibility index (Phi) is 6.11. The summed E-state index contributed by atoms with van der Waals surface area (Å²) in [4.78, 5) is 25.5. The van der Waals surface area contributed by atoms with Crippen molar-refractivity contribution in [1.29, 1.82) is 0 Å². The molecule has 0 aromatic heterocycles. The second kappa shape index (κ2) is 8.83. The quantitative estimate of drug-likeness (QED) is 0.710. The molecule has 2 aromatic rings. The van der Waals surface area contributed by atoms with E-state index in [1.165, 1.54) is 4.90 Å². The van der Waals surface area contributed by atoms with E-state index >= 15 is 0 Å². The van der Waals surface area contributed by atoms with Crippen LogP contribution < -0.4 is 10.6 Å². The number of piperazine rings is 1. The molecule has 0 radical (unpaired) electrons. The first-order valence-electron chi connectivity index (χ1n) is 10.2. The molecule has 4 rings (SSSR count). The lowest BCUT2D eigenvalue weighted by Crippen LogP contribution is -2.50. The molecule has 32 heavy (non-hydrogen) atoms. The van der Waals surface area contributed by atoms with Crippen LogP contribution >= 0.6 is 0 Å². The Labute approximate surface area is 184 Å². The Hall–Kier alpha value is -3.05. The minimum absolute atomic E-state index is 0.00807. The molecule has 0 unspecified atom stereocenters. The van der Waals surface area contributed by atoms with Gasteiger partial charge in [0.2, 0.25) is 10.0 Å². The maximum absolute atomic E-state index is 14.0. The van der Waals surface area contributed by atoms with Gasteiger partial charge < -0.3 is 15.5 Å². The first-order valence-corrected chi connectivity index (χ1v) is 11.6. The third-order valence-corrected chi connectivity index (χ3v) is 7.27. The highest BCUT2D eigenvalue weighted by Gasteiger charge is 2.32. The van der Waals surface area contributed by atoms with Gasteiger partial charge in [-0.2, -0.15) is 4.31 Å². The number of carbonyl (C=O) groups is 2. The van der Waals surface area contributed by atoms with Crippen molar-refractivity contribution < 1.29 is 26.8 Å². The molecule has 11 heteroatoms. The number of nitrogens with one attached hydrogen (secondary N) is 2. The number of sulfonamides is 1. The Bertz CT molecular complexity index is 1130. The standard InChI is InChI=1S/C21H22F2N4O4S/c22-15-3-8-19(18(23)13-15)32(30,31)27-11-9-26(10-12-27)20(28)14-1-4-16(5-2-14)24-21(29)25-17-6-7-17/h1-5,8,13,17H,6-7,9-12H2,(H2,24,25,29).